The summed E-state index contributed by atoms with van der Waals surface area (Å²) >= 11 is 0. The maximum absolute atomic E-state index is 13.6. The second-order valence-electron chi connectivity index (χ2n) is 4.26. The first-order valence-corrected chi connectivity index (χ1v) is 7.21. The van der Waals surface area contributed by atoms with Crippen LogP contribution in [-0.4, -0.2) is 44.8 Å². The zero-order chi connectivity index (χ0) is 15.5. The highest BCUT2D eigenvalue weighted by molar-refractivity contribution is 7.89. The van der Waals surface area contributed by atoms with Crippen molar-refractivity contribution in [2.24, 2.45) is 0 Å². The van der Waals surface area contributed by atoms with Crippen LogP contribution in [0.25, 0.3) is 0 Å². The van der Waals surface area contributed by atoms with Gasteiger partial charge in [-0.1, -0.05) is 0 Å². The number of hydrogen-bond donors (Lipinski definition) is 1. The molecule has 0 amide bonds. The van der Waals surface area contributed by atoms with Gasteiger partial charge in [0.15, 0.2) is 0 Å². The van der Waals surface area contributed by atoms with Crippen LogP contribution in [0.2, 0.25) is 0 Å². The van der Waals surface area contributed by atoms with Gasteiger partial charge in [-0.2, -0.15) is 8.70 Å². The van der Waals surface area contributed by atoms with Gasteiger partial charge in [0.05, 0.1) is 9.82 Å². The van der Waals surface area contributed by atoms with Crippen molar-refractivity contribution >= 4 is 15.7 Å². The number of aryl methyl sites for hydroxylation is 1. The van der Waals surface area contributed by atoms with Crippen LogP contribution in [0, 0.1) is 22.9 Å². The van der Waals surface area contributed by atoms with Crippen molar-refractivity contribution in [3.8, 4) is 0 Å². The molecular formula is C11H16FN3O4S. The SMILES string of the molecule is CNCCN(C)S(=O)(=O)c1cc(C)c(F)c([N+](=O)[O-])c1. The van der Waals surface area contributed by atoms with Crippen molar-refractivity contribution in [1.82, 2.24) is 9.62 Å². The summed E-state index contributed by atoms with van der Waals surface area (Å²) in [4.78, 5) is 9.52. The maximum atomic E-state index is 13.6. The first kappa shape index (κ1) is 16.5. The van der Waals surface area contributed by atoms with Gasteiger partial charge in [0.25, 0.3) is 0 Å². The van der Waals surface area contributed by atoms with Crippen LogP contribution in [-0.2, 0) is 10.0 Å². The predicted molar refractivity (Wildman–Crippen MR) is 71.5 cm³/mol. The van der Waals surface area contributed by atoms with Crippen LogP contribution in [0.3, 0.4) is 0 Å². The summed E-state index contributed by atoms with van der Waals surface area (Å²) in [6.07, 6.45) is 0. The lowest BCUT2D eigenvalue weighted by atomic mass is 10.2. The number of sulfonamides is 1. The Bertz CT molecular complexity index is 618. The Morgan fingerprint density at radius 1 is 1.45 bits per heavy atom. The average molecular weight is 305 g/mol. The van der Waals surface area contributed by atoms with Gasteiger partial charge < -0.3 is 5.32 Å². The molecule has 1 N–H and O–H groups in total. The van der Waals surface area contributed by atoms with E-state index in [9.17, 15) is 22.9 Å². The summed E-state index contributed by atoms with van der Waals surface area (Å²) in [5.74, 6) is -1.02. The van der Waals surface area contributed by atoms with Crippen molar-refractivity contribution in [3.05, 3.63) is 33.6 Å². The van der Waals surface area contributed by atoms with Crippen molar-refractivity contribution in [2.75, 3.05) is 27.2 Å². The van der Waals surface area contributed by atoms with Gasteiger partial charge in [0.2, 0.25) is 15.8 Å². The highest BCUT2D eigenvalue weighted by Crippen LogP contribution is 2.26. The summed E-state index contributed by atoms with van der Waals surface area (Å²) in [5, 5.41) is 13.5. The molecule has 0 aliphatic heterocycles. The molecule has 9 heteroatoms. The van der Waals surface area contributed by atoms with Crippen LogP contribution in [0.5, 0.6) is 0 Å². The van der Waals surface area contributed by atoms with Crippen molar-refractivity contribution in [3.63, 3.8) is 0 Å². The molecule has 0 atom stereocenters. The molecule has 1 aromatic rings. The van der Waals surface area contributed by atoms with Gasteiger partial charge in [0.1, 0.15) is 0 Å². The van der Waals surface area contributed by atoms with E-state index in [-0.39, 0.29) is 17.0 Å². The average Bonchev–Trinajstić information content (AvgIpc) is 2.38. The molecule has 1 rings (SSSR count). The highest BCUT2D eigenvalue weighted by Gasteiger charge is 2.26. The Morgan fingerprint density at radius 2 is 2.05 bits per heavy atom. The number of benzene rings is 1. The van der Waals surface area contributed by atoms with E-state index in [1.165, 1.54) is 14.0 Å². The van der Waals surface area contributed by atoms with Crippen molar-refractivity contribution in [1.29, 1.82) is 0 Å². The minimum Gasteiger partial charge on any atom is -0.318 e. The molecule has 0 saturated carbocycles. The zero-order valence-electron chi connectivity index (χ0n) is 11.4. The van der Waals surface area contributed by atoms with Gasteiger partial charge in [0, 0.05) is 26.2 Å². The number of nitro benzene ring substituents is 1. The lowest BCUT2D eigenvalue weighted by molar-refractivity contribution is -0.387. The molecule has 0 spiro atoms. The van der Waals surface area contributed by atoms with E-state index in [2.05, 4.69) is 5.32 Å². The molecule has 0 aliphatic carbocycles. The smallest absolute Gasteiger partial charge is 0.306 e. The monoisotopic (exact) mass is 305 g/mol. The molecule has 112 valence electrons. The number of hydrogen-bond acceptors (Lipinski definition) is 5. The molecule has 0 saturated heterocycles. The third-order valence-electron chi connectivity index (χ3n) is 2.79. The summed E-state index contributed by atoms with van der Waals surface area (Å²) in [5.41, 5.74) is -0.926. The van der Waals surface area contributed by atoms with E-state index < -0.39 is 26.5 Å². The standard InChI is InChI=1S/C11H16FN3O4S/c1-8-6-9(7-10(11(8)12)15(16)17)20(18,19)14(3)5-4-13-2/h6-7,13H,4-5H2,1-3H3. The predicted octanol–water partition coefficient (Wildman–Crippen LogP) is 0.882. The van der Waals surface area contributed by atoms with Crippen LogP contribution < -0.4 is 5.32 Å². The molecule has 20 heavy (non-hydrogen) atoms. The van der Waals surface area contributed by atoms with Crippen LogP contribution in [0.4, 0.5) is 10.1 Å². The van der Waals surface area contributed by atoms with Gasteiger partial charge in [-0.15, -0.1) is 0 Å². The maximum Gasteiger partial charge on any atom is 0.306 e. The molecule has 0 heterocycles. The lowest BCUT2D eigenvalue weighted by Crippen LogP contribution is -2.33. The van der Waals surface area contributed by atoms with E-state index >= 15 is 0 Å². The second-order valence-corrected chi connectivity index (χ2v) is 6.31. The molecular weight excluding hydrogens is 289 g/mol. The molecule has 0 radical (unpaired) electrons. The summed E-state index contributed by atoms with van der Waals surface area (Å²) in [6.45, 7) is 1.91. The molecule has 1 aromatic carbocycles. The minimum absolute atomic E-state index is 0.0835. The Hall–Kier alpha value is -1.58. The Balaban J connectivity index is 3.29. The number of halogens is 1. The summed E-state index contributed by atoms with van der Waals surface area (Å²) < 4.78 is 39.1. The number of rotatable bonds is 6. The Morgan fingerprint density at radius 3 is 2.55 bits per heavy atom. The van der Waals surface area contributed by atoms with E-state index in [4.69, 9.17) is 0 Å². The number of nitro groups is 1. The highest BCUT2D eigenvalue weighted by atomic mass is 32.2. The number of nitrogens with one attached hydrogen (secondary N) is 1. The fourth-order valence-electron chi connectivity index (χ4n) is 1.57. The largest absolute Gasteiger partial charge is 0.318 e. The fraction of sp³-hybridized carbons (Fsp3) is 0.455. The van der Waals surface area contributed by atoms with Crippen LogP contribution >= 0.6 is 0 Å². The van der Waals surface area contributed by atoms with Crippen molar-refractivity contribution < 1.29 is 17.7 Å². The lowest BCUT2D eigenvalue weighted by Gasteiger charge is -2.17. The molecule has 0 bridgehead atoms. The summed E-state index contributed by atoms with van der Waals surface area (Å²) in [7, 11) is -0.852. The van der Waals surface area contributed by atoms with Gasteiger partial charge in [-0.05, 0) is 25.6 Å². The molecule has 0 unspecified atom stereocenters. The first-order valence-electron chi connectivity index (χ1n) is 5.77. The molecule has 0 fully saturated rings. The first-order chi connectivity index (χ1) is 9.21. The Labute approximate surface area is 116 Å². The quantitative estimate of drug-likeness (QED) is 0.622. The summed E-state index contributed by atoms with van der Waals surface area (Å²) in [6, 6.07) is 1.83. The van der Waals surface area contributed by atoms with Gasteiger partial charge in [-0.3, -0.25) is 10.1 Å². The zero-order valence-corrected chi connectivity index (χ0v) is 12.2. The van der Waals surface area contributed by atoms with Gasteiger partial charge >= 0.3 is 5.69 Å². The number of likely N-dealkylation sites (N-methyl/N-ethyl adjacent to an activating group) is 2. The second kappa shape index (κ2) is 6.25. The molecule has 0 aliphatic rings. The van der Waals surface area contributed by atoms with E-state index in [0.717, 1.165) is 16.4 Å². The van der Waals surface area contributed by atoms with E-state index in [1.807, 2.05) is 0 Å². The third-order valence-corrected chi connectivity index (χ3v) is 4.63. The molecule has 0 aromatic heterocycles. The minimum atomic E-state index is -3.88. The topological polar surface area (TPSA) is 92.6 Å². The van der Waals surface area contributed by atoms with E-state index in [0.29, 0.717) is 6.54 Å². The third kappa shape index (κ3) is 3.30. The van der Waals surface area contributed by atoms with Gasteiger partial charge in [-0.25, -0.2) is 8.42 Å². The van der Waals surface area contributed by atoms with Crippen LogP contribution in [0.1, 0.15) is 5.56 Å². The number of nitrogens with zero attached hydrogens (tertiary/aromatic N) is 2. The van der Waals surface area contributed by atoms with E-state index in [1.54, 1.807) is 7.05 Å². The van der Waals surface area contributed by atoms with Crippen LogP contribution in [0.15, 0.2) is 17.0 Å². The normalized spacial score (nSPS) is 11.8. The Kier molecular flexibility index (Phi) is 5.15. The fourth-order valence-corrected chi connectivity index (χ4v) is 2.85. The van der Waals surface area contributed by atoms with Crippen molar-refractivity contribution in [2.45, 2.75) is 11.8 Å². The molecule has 7 nitrogen and oxygen atoms in total.